The first-order valence-corrected chi connectivity index (χ1v) is 7.24. The molecule has 3 N–H and O–H groups in total. The van der Waals surface area contributed by atoms with Crippen molar-refractivity contribution in [1.29, 1.82) is 0 Å². The quantitative estimate of drug-likeness (QED) is 0.667. The monoisotopic (exact) mass is 290 g/mol. The Balaban J connectivity index is 2.29. The van der Waals surface area contributed by atoms with Crippen LogP contribution in [0.5, 0.6) is 0 Å². The number of aryl methyl sites for hydroxylation is 1. The van der Waals surface area contributed by atoms with Crippen LogP contribution in [0.25, 0.3) is 0 Å². The van der Waals surface area contributed by atoms with Crippen LogP contribution in [0.2, 0.25) is 0 Å². The SMILES string of the molecule is COC(=O)c1cc(NC(C)c2ccsc2)cc(C)c1N. The lowest BCUT2D eigenvalue weighted by Crippen LogP contribution is -2.10. The Kier molecular flexibility index (Phi) is 4.29. The first kappa shape index (κ1) is 14.4. The van der Waals surface area contributed by atoms with Crippen LogP contribution in [-0.2, 0) is 4.74 Å². The number of nitrogens with two attached hydrogens (primary N) is 1. The molecule has 5 heteroatoms. The summed E-state index contributed by atoms with van der Waals surface area (Å²) in [6, 6.07) is 5.91. The molecule has 0 radical (unpaired) electrons. The number of nitrogen functional groups attached to an aromatic ring is 1. The van der Waals surface area contributed by atoms with Crippen molar-refractivity contribution in [3.05, 3.63) is 45.6 Å². The van der Waals surface area contributed by atoms with Crippen molar-refractivity contribution >= 4 is 28.7 Å². The van der Waals surface area contributed by atoms with Gasteiger partial charge in [-0.25, -0.2) is 4.79 Å². The number of hydrogen-bond donors (Lipinski definition) is 2. The molecule has 0 saturated heterocycles. The zero-order valence-corrected chi connectivity index (χ0v) is 12.6. The summed E-state index contributed by atoms with van der Waals surface area (Å²) >= 11 is 1.66. The molecule has 20 heavy (non-hydrogen) atoms. The van der Waals surface area contributed by atoms with E-state index in [0.717, 1.165) is 11.3 Å². The van der Waals surface area contributed by atoms with Gasteiger partial charge in [-0.1, -0.05) is 0 Å². The van der Waals surface area contributed by atoms with Gasteiger partial charge in [-0.05, 0) is 53.9 Å². The summed E-state index contributed by atoms with van der Waals surface area (Å²) in [7, 11) is 1.35. The third-order valence-electron chi connectivity index (χ3n) is 3.22. The maximum absolute atomic E-state index is 11.7. The Morgan fingerprint density at radius 1 is 1.45 bits per heavy atom. The Bertz CT molecular complexity index is 609. The minimum absolute atomic E-state index is 0.162. The van der Waals surface area contributed by atoms with E-state index < -0.39 is 5.97 Å². The third kappa shape index (κ3) is 2.93. The van der Waals surface area contributed by atoms with Gasteiger partial charge in [0, 0.05) is 17.4 Å². The van der Waals surface area contributed by atoms with Crippen LogP contribution >= 0.6 is 11.3 Å². The summed E-state index contributed by atoms with van der Waals surface area (Å²) < 4.78 is 4.76. The van der Waals surface area contributed by atoms with Gasteiger partial charge in [-0.15, -0.1) is 0 Å². The number of carbonyl (C=O) groups excluding carboxylic acids is 1. The number of ether oxygens (including phenoxy) is 1. The van der Waals surface area contributed by atoms with E-state index in [1.54, 1.807) is 17.4 Å². The minimum Gasteiger partial charge on any atom is -0.465 e. The third-order valence-corrected chi connectivity index (χ3v) is 3.92. The lowest BCUT2D eigenvalue weighted by molar-refractivity contribution is 0.0602. The Labute approximate surface area is 122 Å². The second-order valence-electron chi connectivity index (χ2n) is 4.67. The number of nitrogens with one attached hydrogen (secondary N) is 1. The van der Waals surface area contributed by atoms with Gasteiger partial charge in [0.1, 0.15) is 0 Å². The van der Waals surface area contributed by atoms with E-state index in [-0.39, 0.29) is 6.04 Å². The van der Waals surface area contributed by atoms with Crippen LogP contribution in [-0.4, -0.2) is 13.1 Å². The Hall–Kier alpha value is -2.01. The Morgan fingerprint density at radius 3 is 2.80 bits per heavy atom. The molecule has 106 valence electrons. The predicted molar refractivity (Wildman–Crippen MR) is 83.3 cm³/mol. The average Bonchev–Trinajstić information content (AvgIpc) is 2.96. The number of thiophene rings is 1. The van der Waals surface area contributed by atoms with Crippen molar-refractivity contribution in [3.8, 4) is 0 Å². The number of anilines is 2. The summed E-state index contributed by atoms with van der Waals surface area (Å²) in [4.78, 5) is 11.7. The smallest absolute Gasteiger partial charge is 0.340 e. The molecule has 1 aromatic heterocycles. The average molecular weight is 290 g/mol. The standard InChI is InChI=1S/C15H18N2O2S/c1-9-6-12(7-13(14(9)16)15(18)19-3)17-10(2)11-4-5-20-8-11/h4-8,10,17H,16H2,1-3H3. The molecule has 0 aliphatic carbocycles. The molecule has 1 unspecified atom stereocenters. The maximum Gasteiger partial charge on any atom is 0.340 e. The first-order valence-electron chi connectivity index (χ1n) is 6.30. The predicted octanol–water partition coefficient (Wildman–Crippen LogP) is 3.60. The van der Waals surface area contributed by atoms with E-state index in [9.17, 15) is 4.79 Å². The van der Waals surface area contributed by atoms with Gasteiger partial charge in [0.15, 0.2) is 0 Å². The molecule has 0 fully saturated rings. The molecule has 0 spiro atoms. The van der Waals surface area contributed by atoms with Crippen LogP contribution in [0.15, 0.2) is 29.0 Å². The fourth-order valence-electron chi connectivity index (χ4n) is 2.02. The fourth-order valence-corrected chi connectivity index (χ4v) is 2.77. The van der Waals surface area contributed by atoms with E-state index in [0.29, 0.717) is 11.3 Å². The van der Waals surface area contributed by atoms with Crippen molar-refractivity contribution in [2.75, 3.05) is 18.2 Å². The maximum atomic E-state index is 11.7. The molecule has 0 aliphatic rings. The highest BCUT2D eigenvalue weighted by Crippen LogP contribution is 2.27. The van der Waals surface area contributed by atoms with Crippen LogP contribution in [0.3, 0.4) is 0 Å². The zero-order valence-electron chi connectivity index (χ0n) is 11.8. The summed E-state index contributed by atoms with van der Waals surface area (Å²) in [5.41, 5.74) is 9.71. The highest BCUT2D eigenvalue weighted by atomic mass is 32.1. The van der Waals surface area contributed by atoms with Gasteiger partial charge < -0.3 is 15.8 Å². The highest BCUT2D eigenvalue weighted by molar-refractivity contribution is 7.07. The summed E-state index contributed by atoms with van der Waals surface area (Å²) in [6.45, 7) is 3.95. The number of benzene rings is 1. The normalized spacial score (nSPS) is 11.9. The van der Waals surface area contributed by atoms with E-state index in [1.807, 2.05) is 18.4 Å². The molecule has 0 amide bonds. The highest BCUT2D eigenvalue weighted by Gasteiger charge is 2.14. The molecule has 2 rings (SSSR count). The molecule has 2 aromatic rings. The number of rotatable bonds is 4. The lowest BCUT2D eigenvalue weighted by Gasteiger charge is -2.17. The summed E-state index contributed by atoms with van der Waals surface area (Å²) in [5.74, 6) is -0.419. The Morgan fingerprint density at radius 2 is 2.20 bits per heavy atom. The molecule has 0 aliphatic heterocycles. The topological polar surface area (TPSA) is 64.3 Å². The van der Waals surface area contributed by atoms with Crippen molar-refractivity contribution in [1.82, 2.24) is 0 Å². The van der Waals surface area contributed by atoms with Gasteiger partial charge in [-0.3, -0.25) is 0 Å². The molecule has 1 heterocycles. The second kappa shape index (κ2) is 5.96. The largest absolute Gasteiger partial charge is 0.465 e. The number of hydrogen-bond acceptors (Lipinski definition) is 5. The van der Waals surface area contributed by atoms with Gasteiger partial charge >= 0.3 is 5.97 Å². The summed E-state index contributed by atoms with van der Waals surface area (Å²) in [6.07, 6.45) is 0. The number of esters is 1. The minimum atomic E-state index is -0.419. The van der Waals surface area contributed by atoms with Crippen molar-refractivity contribution < 1.29 is 9.53 Å². The van der Waals surface area contributed by atoms with E-state index >= 15 is 0 Å². The molecule has 0 saturated carbocycles. The molecule has 4 nitrogen and oxygen atoms in total. The van der Waals surface area contributed by atoms with Crippen LogP contribution in [0, 0.1) is 6.92 Å². The van der Waals surface area contributed by atoms with Crippen molar-refractivity contribution in [3.63, 3.8) is 0 Å². The van der Waals surface area contributed by atoms with Crippen LogP contribution in [0.4, 0.5) is 11.4 Å². The van der Waals surface area contributed by atoms with E-state index in [1.165, 1.54) is 12.7 Å². The van der Waals surface area contributed by atoms with E-state index in [2.05, 4.69) is 23.7 Å². The first-order chi connectivity index (χ1) is 9.52. The molecular weight excluding hydrogens is 272 g/mol. The summed E-state index contributed by atoms with van der Waals surface area (Å²) in [5, 5.41) is 7.52. The van der Waals surface area contributed by atoms with Crippen molar-refractivity contribution in [2.24, 2.45) is 0 Å². The second-order valence-corrected chi connectivity index (χ2v) is 5.45. The lowest BCUT2D eigenvalue weighted by atomic mass is 10.1. The van der Waals surface area contributed by atoms with Gasteiger partial charge in [-0.2, -0.15) is 11.3 Å². The molecule has 0 bridgehead atoms. The fraction of sp³-hybridized carbons (Fsp3) is 0.267. The number of carbonyl (C=O) groups is 1. The molecule has 1 atom stereocenters. The van der Waals surface area contributed by atoms with Gasteiger partial charge in [0.05, 0.1) is 12.7 Å². The van der Waals surface area contributed by atoms with Crippen molar-refractivity contribution in [2.45, 2.75) is 19.9 Å². The van der Waals surface area contributed by atoms with Crippen LogP contribution in [0.1, 0.15) is 34.5 Å². The number of methoxy groups -OCH3 is 1. The van der Waals surface area contributed by atoms with Gasteiger partial charge in [0.25, 0.3) is 0 Å². The zero-order chi connectivity index (χ0) is 14.7. The van der Waals surface area contributed by atoms with Crippen LogP contribution < -0.4 is 11.1 Å². The molecule has 1 aromatic carbocycles. The van der Waals surface area contributed by atoms with Gasteiger partial charge in [0.2, 0.25) is 0 Å². The van der Waals surface area contributed by atoms with E-state index in [4.69, 9.17) is 10.5 Å². The molecular formula is C15H18N2O2S.